The van der Waals surface area contributed by atoms with Crippen molar-refractivity contribution < 1.29 is 36.2 Å². The van der Waals surface area contributed by atoms with E-state index >= 15 is 0 Å². The summed E-state index contributed by atoms with van der Waals surface area (Å²) in [5.74, 6) is -5.26. The summed E-state index contributed by atoms with van der Waals surface area (Å²) in [7, 11) is 0. The van der Waals surface area contributed by atoms with Gasteiger partial charge in [0.2, 0.25) is 12.1 Å². The Bertz CT molecular complexity index is 782. The highest BCUT2D eigenvalue weighted by atomic mass is 19.2. The van der Waals surface area contributed by atoms with Crippen LogP contribution in [0.1, 0.15) is 63.9 Å². The molecule has 0 amide bonds. The van der Waals surface area contributed by atoms with Crippen LogP contribution in [0.25, 0.3) is 0 Å². The number of alkyl halides is 1. The third-order valence-corrected chi connectivity index (χ3v) is 6.02. The molecule has 1 aliphatic heterocycles. The molecule has 1 aliphatic carbocycles. The molecule has 31 heavy (non-hydrogen) atoms. The van der Waals surface area contributed by atoms with Gasteiger partial charge in [0.25, 0.3) is 0 Å². The number of benzene rings is 1. The minimum absolute atomic E-state index is 0.141. The summed E-state index contributed by atoms with van der Waals surface area (Å²) in [5.41, 5.74) is -1.46. The maximum Gasteiger partial charge on any atom is 0.213 e. The number of allylic oxidation sites excluding steroid dienone is 1. The van der Waals surface area contributed by atoms with Crippen LogP contribution < -0.4 is 4.74 Å². The van der Waals surface area contributed by atoms with Gasteiger partial charge in [-0.25, -0.2) is 17.6 Å². The van der Waals surface area contributed by atoms with Crippen molar-refractivity contribution in [1.82, 2.24) is 0 Å². The molecule has 1 saturated carbocycles. The lowest BCUT2D eigenvalue weighted by Crippen LogP contribution is -2.44. The average Bonchev–Trinajstić information content (AvgIpc) is 2.77. The lowest BCUT2D eigenvalue weighted by atomic mass is 9.78. The third-order valence-electron chi connectivity index (χ3n) is 6.02. The van der Waals surface area contributed by atoms with Crippen LogP contribution in [0, 0.1) is 17.6 Å². The van der Waals surface area contributed by atoms with Gasteiger partial charge in [0.1, 0.15) is 5.83 Å². The van der Waals surface area contributed by atoms with Crippen molar-refractivity contribution in [3.05, 3.63) is 41.0 Å². The van der Waals surface area contributed by atoms with Crippen molar-refractivity contribution in [1.29, 1.82) is 0 Å². The van der Waals surface area contributed by atoms with Crippen LogP contribution in [0.4, 0.5) is 22.0 Å². The minimum Gasteiger partial charge on any atom is -0.491 e. The van der Waals surface area contributed by atoms with Crippen LogP contribution in [0.5, 0.6) is 5.75 Å². The molecule has 0 bridgehead atoms. The first-order chi connectivity index (χ1) is 14.8. The Kier molecular flexibility index (Phi) is 7.97. The van der Waals surface area contributed by atoms with Gasteiger partial charge in [-0.3, -0.25) is 0 Å². The second-order valence-electron chi connectivity index (χ2n) is 8.31. The Morgan fingerprint density at radius 3 is 2.23 bits per heavy atom. The van der Waals surface area contributed by atoms with E-state index in [9.17, 15) is 22.0 Å². The first-order valence-electron chi connectivity index (χ1n) is 10.9. The van der Waals surface area contributed by atoms with E-state index in [0.717, 1.165) is 0 Å². The average molecular weight is 448 g/mol. The summed E-state index contributed by atoms with van der Waals surface area (Å²) in [6.45, 7) is 3.02. The Morgan fingerprint density at radius 2 is 1.65 bits per heavy atom. The third kappa shape index (κ3) is 5.40. The number of rotatable bonds is 7. The molecule has 0 aromatic heterocycles. The van der Waals surface area contributed by atoms with Gasteiger partial charge >= 0.3 is 0 Å². The number of ether oxygens (including phenoxy) is 3. The number of halogens is 5. The number of hydrogen-bond donors (Lipinski definition) is 0. The van der Waals surface area contributed by atoms with Crippen molar-refractivity contribution in [3.8, 4) is 5.75 Å². The minimum atomic E-state index is -1.68. The lowest BCUT2D eigenvalue weighted by Gasteiger charge is -2.34. The highest BCUT2D eigenvalue weighted by Crippen LogP contribution is 2.42. The summed E-state index contributed by atoms with van der Waals surface area (Å²) >= 11 is 0. The van der Waals surface area contributed by atoms with Crippen molar-refractivity contribution in [3.63, 3.8) is 0 Å². The molecule has 2 fully saturated rings. The molecule has 3 nitrogen and oxygen atoms in total. The number of hydrogen-bond acceptors (Lipinski definition) is 3. The first kappa shape index (κ1) is 24.0. The van der Waals surface area contributed by atoms with Crippen molar-refractivity contribution in [2.45, 2.75) is 70.2 Å². The highest BCUT2D eigenvalue weighted by Gasteiger charge is 2.40. The van der Waals surface area contributed by atoms with Crippen LogP contribution in [-0.4, -0.2) is 31.8 Å². The maximum atomic E-state index is 14.7. The van der Waals surface area contributed by atoms with Gasteiger partial charge in [0.05, 0.1) is 19.8 Å². The Hall–Kier alpha value is -1.67. The standard InChI is InChI=1S/C23H29F5O3/c1-3-11-23(28)12-30-22(31-13-23)21(27)18(24)15-7-5-14(6-8-15)16-9-10-17(29-4-2)20(26)19(16)25/h9-10,14-15,22H,3-8,11-13H2,1-2H3/b21-18+. The van der Waals surface area contributed by atoms with Crippen molar-refractivity contribution in [2.75, 3.05) is 19.8 Å². The molecule has 0 atom stereocenters. The van der Waals surface area contributed by atoms with Gasteiger partial charge in [-0.2, -0.15) is 4.39 Å². The van der Waals surface area contributed by atoms with E-state index in [4.69, 9.17) is 14.2 Å². The van der Waals surface area contributed by atoms with Crippen molar-refractivity contribution >= 4 is 0 Å². The zero-order chi connectivity index (χ0) is 22.6. The van der Waals surface area contributed by atoms with Gasteiger partial charge < -0.3 is 14.2 Å². The van der Waals surface area contributed by atoms with Gasteiger partial charge in [-0.15, -0.1) is 0 Å². The maximum absolute atomic E-state index is 14.7. The Balaban J connectivity index is 1.61. The first-order valence-corrected chi connectivity index (χ1v) is 10.9. The molecule has 8 heteroatoms. The van der Waals surface area contributed by atoms with E-state index in [1.165, 1.54) is 12.1 Å². The van der Waals surface area contributed by atoms with Crippen molar-refractivity contribution in [2.24, 2.45) is 5.92 Å². The fourth-order valence-electron chi connectivity index (χ4n) is 4.37. The Labute approximate surface area is 179 Å². The van der Waals surface area contributed by atoms with Crippen LogP contribution >= 0.6 is 0 Å². The molecular weight excluding hydrogens is 419 g/mol. The van der Waals surface area contributed by atoms with Crippen LogP contribution in [0.3, 0.4) is 0 Å². The summed E-state index contributed by atoms with van der Waals surface area (Å²) in [6.07, 6.45) is 0.569. The van der Waals surface area contributed by atoms with Crippen LogP contribution in [0.15, 0.2) is 23.8 Å². The molecule has 2 aliphatic rings. The zero-order valence-corrected chi connectivity index (χ0v) is 17.9. The molecule has 0 radical (unpaired) electrons. The van der Waals surface area contributed by atoms with Gasteiger partial charge in [-0.05, 0) is 56.6 Å². The summed E-state index contributed by atoms with van der Waals surface area (Å²) in [5, 5.41) is 0. The molecule has 1 heterocycles. The molecule has 3 rings (SSSR count). The molecule has 0 spiro atoms. The smallest absolute Gasteiger partial charge is 0.213 e. The van der Waals surface area contributed by atoms with E-state index in [2.05, 4.69) is 0 Å². The molecule has 0 unspecified atom stereocenters. The lowest BCUT2D eigenvalue weighted by molar-refractivity contribution is -0.224. The van der Waals surface area contributed by atoms with Gasteiger partial charge in [0.15, 0.2) is 23.1 Å². The predicted octanol–water partition coefficient (Wildman–Crippen LogP) is 6.67. The zero-order valence-electron chi connectivity index (χ0n) is 17.9. The molecule has 174 valence electrons. The molecule has 0 N–H and O–H groups in total. The highest BCUT2D eigenvalue weighted by molar-refractivity contribution is 5.33. The SMILES string of the molecule is CCCC1(F)COC(/C(F)=C(\F)C2CCC(c3ccc(OCC)c(F)c3F)CC2)OC1. The van der Waals surface area contributed by atoms with E-state index < -0.39 is 41.2 Å². The molecule has 1 aromatic carbocycles. The van der Waals surface area contributed by atoms with Gasteiger partial charge in [-0.1, -0.05) is 19.4 Å². The summed E-state index contributed by atoms with van der Waals surface area (Å²) in [4.78, 5) is 0. The fourth-order valence-corrected chi connectivity index (χ4v) is 4.37. The second-order valence-corrected chi connectivity index (χ2v) is 8.31. The summed E-state index contributed by atoms with van der Waals surface area (Å²) in [6, 6.07) is 2.88. The molecule has 1 saturated heterocycles. The van der Waals surface area contributed by atoms with E-state index in [-0.39, 0.29) is 56.3 Å². The fraction of sp³-hybridized carbons (Fsp3) is 0.652. The normalized spacial score (nSPS) is 30.1. The van der Waals surface area contributed by atoms with E-state index in [0.29, 0.717) is 19.3 Å². The van der Waals surface area contributed by atoms with E-state index in [1.807, 2.05) is 6.92 Å². The molecule has 1 aromatic rings. The second kappa shape index (κ2) is 10.3. The van der Waals surface area contributed by atoms with Crippen LogP contribution in [-0.2, 0) is 9.47 Å². The quantitative estimate of drug-likeness (QED) is 0.436. The largest absolute Gasteiger partial charge is 0.491 e. The van der Waals surface area contributed by atoms with E-state index in [1.54, 1.807) is 6.92 Å². The predicted molar refractivity (Wildman–Crippen MR) is 106 cm³/mol. The molecular formula is C23H29F5O3. The van der Waals surface area contributed by atoms with Gasteiger partial charge in [0, 0.05) is 5.92 Å². The Morgan fingerprint density at radius 1 is 1.00 bits per heavy atom. The summed E-state index contributed by atoms with van der Waals surface area (Å²) < 4.78 is 87.5. The topological polar surface area (TPSA) is 27.7 Å². The van der Waals surface area contributed by atoms with Crippen LogP contribution in [0.2, 0.25) is 0 Å². The monoisotopic (exact) mass is 448 g/mol.